The van der Waals surface area contributed by atoms with Crippen LogP contribution in [0.25, 0.3) is 0 Å². The van der Waals surface area contributed by atoms with Crippen molar-refractivity contribution in [2.75, 3.05) is 13.1 Å². The molecule has 3 saturated carbocycles. The molecule has 8 atom stereocenters. The van der Waals surface area contributed by atoms with Crippen LogP contribution in [0.5, 0.6) is 0 Å². The first-order chi connectivity index (χ1) is 21.0. The Morgan fingerprint density at radius 2 is 1.82 bits per heavy atom. The molecule has 4 aliphatic rings. The van der Waals surface area contributed by atoms with E-state index in [9.17, 15) is 4.79 Å². The Morgan fingerprint density at radius 1 is 1.05 bits per heavy atom. The number of esters is 1. The van der Waals surface area contributed by atoms with E-state index in [-0.39, 0.29) is 17.5 Å². The maximum atomic E-state index is 13.5. The van der Waals surface area contributed by atoms with Gasteiger partial charge < -0.3 is 4.74 Å². The van der Waals surface area contributed by atoms with E-state index in [0.717, 1.165) is 71.4 Å². The first-order valence-electron chi connectivity index (χ1n) is 17.9. The number of hydrogen-bond donors (Lipinski definition) is 0. The van der Waals surface area contributed by atoms with Crippen LogP contribution >= 0.6 is 22.6 Å². The molecule has 0 saturated heterocycles. The van der Waals surface area contributed by atoms with Crippen LogP contribution in [0.15, 0.2) is 40.2 Å². The summed E-state index contributed by atoms with van der Waals surface area (Å²) in [6.07, 6.45) is 16.5. The summed E-state index contributed by atoms with van der Waals surface area (Å²) >= 11 is 2.25. The third-order valence-corrected chi connectivity index (χ3v) is 13.4. The van der Waals surface area contributed by atoms with Gasteiger partial charge in [-0.1, -0.05) is 70.8 Å². The highest BCUT2D eigenvalue weighted by Gasteiger charge is 2.59. The maximum absolute atomic E-state index is 13.5. The molecule has 1 aromatic rings. The molecule has 0 amide bonds. The third-order valence-electron chi connectivity index (χ3n) is 12.7. The van der Waals surface area contributed by atoms with E-state index in [2.05, 4.69) is 87.5 Å². The summed E-state index contributed by atoms with van der Waals surface area (Å²) in [5.74, 6) is 4.76. The second kappa shape index (κ2) is 14.1. The highest BCUT2D eigenvalue weighted by molar-refractivity contribution is 14.1. The van der Waals surface area contributed by atoms with Crippen molar-refractivity contribution >= 4 is 34.2 Å². The molecule has 0 radical (unpaired) electrons. The van der Waals surface area contributed by atoms with Gasteiger partial charge in [0.05, 0.1) is 5.56 Å². The Balaban J connectivity index is 1.25. The molecule has 44 heavy (non-hydrogen) atoms. The SMILES string of the molecule is CCN(CC)N=Nc1ccc(I)cc1C(=O)O[C@H]1CC[C@@]2(C)C(=CC[C@H]3[C@@H]4CC[C@H]([C@H](C)CCCC(C)C)[C@@]4(C)CC[C@@H]32)C1. The minimum absolute atomic E-state index is 0.0692. The quantitative estimate of drug-likeness (QED) is 0.0754. The van der Waals surface area contributed by atoms with E-state index in [1.54, 1.807) is 5.57 Å². The fourth-order valence-electron chi connectivity index (χ4n) is 10.2. The lowest BCUT2D eigenvalue weighted by atomic mass is 9.47. The van der Waals surface area contributed by atoms with Crippen molar-refractivity contribution in [1.29, 1.82) is 0 Å². The summed E-state index contributed by atoms with van der Waals surface area (Å²) in [6, 6.07) is 5.73. The van der Waals surface area contributed by atoms with Gasteiger partial charge in [0.2, 0.25) is 0 Å². The maximum Gasteiger partial charge on any atom is 0.340 e. The molecule has 0 N–H and O–H groups in total. The summed E-state index contributed by atoms with van der Waals surface area (Å²) in [6.45, 7) is 18.2. The van der Waals surface area contributed by atoms with Gasteiger partial charge in [-0.25, -0.2) is 4.79 Å². The number of carbonyl (C=O) groups is 1. The van der Waals surface area contributed by atoms with Crippen LogP contribution in [0.3, 0.4) is 0 Å². The van der Waals surface area contributed by atoms with E-state index >= 15 is 0 Å². The number of ether oxygens (including phenoxy) is 1. The van der Waals surface area contributed by atoms with Gasteiger partial charge >= 0.3 is 5.97 Å². The van der Waals surface area contributed by atoms with Gasteiger partial charge in [-0.05, 0) is 146 Å². The van der Waals surface area contributed by atoms with E-state index in [1.165, 1.54) is 51.4 Å². The number of halogens is 1. The Kier molecular flexibility index (Phi) is 10.9. The minimum Gasteiger partial charge on any atom is -0.458 e. The summed E-state index contributed by atoms with van der Waals surface area (Å²) in [5, 5.41) is 10.7. The van der Waals surface area contributed by atoms with Gasteiger partial charge in [-0.2, -0.15) is 0 Å². The van der Waals surface area contributed by atoms with Crippen molar-refractivity contribution in [3.63, 3.8) is 0 Å². The number of fused-ring (bicyclic) bond motifs is 5. The number of carbonyl (C=O) groups excluding carboxylic acids is 1. The first kappa shape index (κ1) is 33.9. The predicted octanol–water partition coefficient (Wildman–Crippen LogP) is 11.2. The Morgan fingerprint density at radius 3 is 2.55 bits per heavy atom. The third kappa shape index (κ3) is 6.81. The molecular formula is C38H58IN3O2. The van der Waals surface area contributed by atoms with Crippen LogP contribution < -0.4 is 0 Å². The zero-order valence-electron chi connectivity index (χ0n) is 28.6. The average molecular weight is 716 g/mol. The van der Waals surface area contributed by atoms with Crippen molar-refractivity contribution in [3.05, 3.63) is 39.0 Å². The number of hydrogen-bond acceptors (Lipinski definition) is 4. The van der Waals surface area contributed by atoms with E-state index in [4.69, 9.17) is 4.74 Å². The molecule has 1 aromatic carbocycles. The van der Waals surface area contributed by atoms with Gasteiger partial charge in [-0.3, -0.25) is 5.01 Å². The topological polar surface area (TPSA) is 54.3 Å². The van der Waals surface area contributed by atoms with E-state index in [0.29, 0.717) is 16.7 Å². The van der Waals surface area contributed by atoms with Gasteiger partial charge in [-0.15, -0.1) is 5.11 Å². The Bertz CT molecular complexity index is 1220. The first-order valence-corrected chi connectivity index (χ1v) is 18.9. The second-order valence-electron chi connectivity index (χ2n) is 15.5. The molecule has 0 aliphatic heterocycles. The van der Waals surface area contributed by atoms with Gasteiger partial charge in [0.15, 0.2) is 0 Å². The van der Waals surface area contributed by atoms with Gasteiger partial charge in [0.1, 0.15) is 11.8 Å². The normalized spacial score (nSPS) is 33.8. The number of benzene rings is 1. The Labute approximate surface area is 281 Å². The lowest BCUT2D eigenvalue weighted by Gasteiger charge is -2.58. The minimum atomic E-state index is -0.271. The van der Waals surface area contributed by atoms with Gasteiger partial charge in [0, 0.05) is 23.1 Å². The molecule has 3 fully saturated rings. The van der Waals surface area contributed by atoms with Gasteiger partial charge in [0.25, 0.3) is 0 Å². The van der Waals surface area contributed by atoms with Crippen molar-refractivity contribution in [2.45, 2.75) is 125 Å². The molecule has 0 bridgehead atoms. The Hall–Kier alpha value is -1.44. The van der Waals surface area contributed by atoms with Crippen LogP contribution in [0.1, 0.15) is 129 Å². The van der Waals surface area contributed by atoms with Crippen LogP contribution in [-0.4, -0.2) is 30.2 Å². The van der Waals surface area contributed by atoms with Crippen LogP contribution in [0.4, 0.5) is 5.69 Å². The van der Waals surface area contributed by atoms with E-state index < -0.39 is 0 Å². The fraction of sp³-hybridized carbons (Fsp3) is 0.763. The second-order valence-corrected chi connectivity index (χ2v) is 16.8. The highest BCUT2D eigenvalue weighted by atomic mass is 127. The fourth-order valence-corrected chi connectivity index (χ4v) is 10.7. The standard InChI is InChI=1S/C38H58IN3O2/c1-8-42(9-2)41-40-35-18-14-28(39)24-31(35)36(43)44-29-19-21-37(6)27(23-29)13-15-30-33-17-16-32(26(5)12-10-11-25(3)4)38(33,7)22-20-34(30)37/h13-14,18,24-26,29-30,32-34H,8-12,15-17,19-23H2,1-7H3/t26-,29+,30+,32-,33+,34+,37+,38-/m1/s1. The predicted molar refractivity (Wildman–Crippen MR) is 189 cm³/mol. The monoisotopic (exact) mass is 715 g/mol. The van der Waals surface area contributed by atoms with Crippen LogP contribution in [0, 0.1) is 49.9 Å². The highest BCUT2D eigenvalue weighted by Crippen LogP contribution is 2.67. The molecule has 5 nitrogen and oxygen atoms in total. The van der Waals surface area contributed by atoms with Crippen molar-refractivity contribution < 1.29 is 9.53 Å². The molecule has 5 rings (SSSR count). The lowest BCUT2D eigenvalue weighted by molar-refractivity contribution is -0.0594. The number of allylic oxidation sites excluding steroid dienone is 1. The van der Waals surface area contributed by atoms with Crippen LogP contribution in [-0.2, 0) is 4.74 Å². The number of nitrogens with zero attached hydrogens (tertiary/aromatic N) is 3. The van der Waals surface area contributed by atoms with E-state index in [1.807, 2.05) is 23.2 Å². The van der Waals surface area contributed by atoms with Crippen LogP contribution in [0.2, 0.25) is 0 Å². The molecule has 0 spiro atoms. The lowest BCUT2D eigenvalue weighted by Crippen LogP contribution is -2.51. The zero-order chi connectivity index (χ0) is 31.6. The molecule has 0 aromatic heterocycles. The van der Waals surface area contributed by atoms with Crippen molar-refractivity contribution in [2.24, 2.45) is 56.7 Å². The summed E-state index contributed by atoms with van der Waals surface area (Å²) < 4.78 is 7.23. The number of rotatable bonds is 11. The summed E-state index contributed by atoms with van der Waals surface area (Å²) in [4.78, 5) is 13.5. The summed E-state index contributed by atoms with van der Waals surface area (Å²) in [5.41, 5.74) is 3.42. The zero-order valence-corrected chi connectivity index (χ0v) is 30.7. The largest absolute Gasteiger partial charge is 0.458 e. The van der Waals surface area contributed by atoms with Crippen molar-refractivity contribution in [1.82, 2.24) is 5.01 Å². The molecule has 0 heterocycles. The molecule has 244 valence electrons. The van der Waals surface area contributed by atoms with Crippen molar-refractivity contribution in [3.8, 4) is 0 Å². The average Bonchev–Trinajstić information content (AvgIpc) is 3.35. The molecule has 0 unspecified atom stereocenters. The molecule has 4 aliphatic carbocycles. The molecular weight excluding hydrogens is 657 g/mol. The smallest absolute Gasteiger partial charge is 0.340 e. The summed E-state index contributed by atoms with van der Waals surface area (Å²) in [7, 11) is 0. The molecule has 6 heteroatoms.